The number of benzene rings is 1. The summed E-state index contributed by atoms with van der Waals surface area (Å²) in [5.74, 6) is -0.370. The van der Waals surface area contributed by atoms with Crippen LogP contribution in [0.1, 0.15) is 0 Å². The predicted octanol–water partition coefficient (Wildman–Crippen LogP) is 0.379. The first-order valence-corrected chi connectivity index (χ1v) is 9.72. The molecule has 20 heavy (non-hydrogen) atoms. The summed E-state index contributed by atoms with van der Waals surface area (Å²) in [5.41, 5.74) is -0.547. The number of rotatable bonds is 6. The minimum Gasteiger partial charge on any atom is -0.258 e. The molecular formula is C9H12N2O6S3. The van der Waals surface area contributed by atoms with Crippen LogP contribution in [0.5, 0.6) is 0 Å². The van der Waals surface area contributed by atoms with Crippen LogP contribution < -0.4 is 5.14 Å². The van der Waals surface area contributed by atoms with Gasteiger partial charge in [-0.2, -0.15) is 0 Å². The van der Waals surface area contributed by atoms with Crippen molar-refractivity contribution in [1.82, 2.24) is 0 Å². The van der Waals surface area contributed by atoms with Gasteiger partial charge in [0.1, 0.15) is 4.90 Å². The van der Waals surface area contributed by atoms with Crippen LogP contribution in [0.2, 0.25) is 0 Å². The highest BCUT2D eigenvalue weighted by Crippen LogP contribution is 2.34. The number of hydrogen-bond acceptors (Lipinski definition) is 7. The van der Waals surface area contributed by atoms with Gasteiger partial charge in [0, 0.05) is 12.0 Å². The van der Waals surface area contributed by atoms with E-state index in [0.717, 1.165) is 24.1 Å². The molecule has 0 aliphatic rings. The molecule has 0 unspecified atom stereocenters. The number of sulfone groups is 1. The highest BCUT2D eigenvalue weighted by molar-refractivity contribution is 8.00. The Morgan fingerprint density at radius 3 is 2.35 bits per heavy atom. The number of nitrogens with two attached hydrogens (primary N) is 1. The standard InChI is InChI=1S/C9H12N2O6S3/c1-19(14,15)8-4-2-3-7(9(8)11(12)13)18-5-6-20(10,16)17/h2-4H,5-6H2,1H3,(H2,10,16,17). The van der Waals surface area contributed by atoms with E-state index in [0.29, 0.717) is 0 Å². The molecule has 0 radical (unpaired) electrons. The van der Waals surface area contributed by atoms with E-state index < -0.39 is 35.4 Å². The lowest BCUT2D eigenvalue weighted by atomic mass is 10.3. The third-order valence-electron chi connectivity index (χ3n) is 2.17. The van der Waals surface area contributed by atoms with Gasteiger partial charge < -0.3 is 0 Å². The maximum absolute atomic E-state index is 11.5. The molecule has 0 aliphatic carbocycles. The van der Waals surface area contributed by atoms with Gasteiger partial charge in [0.15, 0.2) is 9.84 Å². The van der Waals surface area contributed by atoms with Gasteiger partial charge in [-0.1, -0.05) is 6.07 Å². The Kier molecular flexibility index (Phi) is 5.13. The Morgan fingerprint density at radius 1 is 1.30 bits per heavy atom. The quantitative estimate of drug-likeness (QED) is 0.449. The van der Waals surface area contributed by atoms with E-state index in [1.807, 2.05) is 0 Å². The van der Waals surface area contributed by atoms with Crippen LogP contribution in [0.15, 0.2) is 28.0 Å². The molecule has 0 aliphatic heterocycles. The second-order valence-corrected chi connectivity index (χ2v) is 8.70. The molecule has 0 fully saturated rings. The van der Waals surface area contributed by atoms with Crippen LogP contribution in [0, 0.1) is 10.1 Å². The SMILES string of the molecule is CS(=O)(=O)c1cccc(SCCS(N)(=O)=O)c1[N+](=O)[O-]. The molecule has 0 bridgehead atoms. The number of nitro benzene ring substituents is 1. The van der Waals surface area contributed by atoms with Crippen LogP contribution in [0.25, 0.3) is 0 Å². The lowest BCUT2D eigenvalue weighted by Gasteiger charge is -2.06. The molecule has 8 nitrogen and oxygen atoms in total. The van der Waals surface area contributed by atoms with Crippen LogP contribution in [0.4, 0.5) is 5.69 Å². The summed E-state index contributed by atoms with van der Waals surface area (Å²) < 4.78 is 44.6. The molecule has 1 rings (SSSR count). The first kappa shape index (κ1) is 16.9. The topological polar surface area (TPSA) is 137 Å². The zero-order valence-electron chi connectivity index (χ0n) is 10.3. The fourth-order valence-electron chi connectivity index (χ4n) is 1.37. The molecule has 0 amide bonds. The van der Waals surface area contributed by atoms with Crippen LogP contribution in [0.3, 0.4) is 0 Å². The summed E-state index contributed by atoms with van der Waals surface area (Å²) in [4.78, 5) is 9.92. The smallest absolute Gasteiger partial charge is 0.258 e. The van der Waals surface area contributed by atoms with Crippen molar-refractivity contribution in [3.8, 4) is 0 Å². The van der Waals surface area contributed by atoms with E-state index in [4.69, 9.17) is 5.14 Å². The number of sulfonamides is 1. The molecule has 2 N–H and O–H groups in total. The molecule has 112 valence electrons. The molecule has 0 spiro atoms. The van der Waals surface area contributed by atoms with Gasteiger partial charge in [-0.05, 0) is 12.1 Å². The number of nitro groups is 1. The van der Waals surface area contributed by atoms with Crippen molar-refractivity contribution in [2.45, 2.75) is 9.79 Å². The number of para-hydroxylation sites is 1. The Labute approximate surface area is 120 Å². The van der Waals surface area contributed by atoms with Crippen molar-refractivity contribution in [2.75, 3.05) is 17.8 Å². The lowest BCUT2D eigenvalue weighted by molar-refractivity contribution is -0.390. The number of nitrogens with zero attached hydrogens (tertiary/aromatic N) is 1. The maximum atomic E-state index is 11.5. The second-order valence-electron chi connectivity index (χ2n) is 3.85. The van der Waals surface area contributed by atoms with Gasteiger partial charge >= 0.3 is 5.69 Å². The van der Waals surface area contributed by atoms with Gasteiger partial charge in [-0.25, -0.2) is 22.0 Å². The summed E-state index contributed by atoms with van der Waals surface area (Å²) in [6.07, 6.45) is 0.869. The number of primary sulfonamides is 1. The fourth-order valence-corrected chi connectivity index (χ4v) is 4.27. The van der Waals surface area contributed by atoms with Crippen molar-refractivity contribution in [2.24, 2.45) is 5.14 Å². The number of hydrogen-bond donors (Lipinski definition) is 1. The normalized spacial score (nSPS) is 12.3. The van der Waals surface area contributed by atoms with Crippen molar-refractivity contribution < 1.29 is 21.8 Å². The Balaban J connectivity index is 3.18. The Bertz CT molecular complexity index is 726. The summed E-state index contributed by atoms with van der Waals surface area (Å²) in [6.45, 7) is 0. The van der Waals surface area contributed by atoms with Crippen molar-refractivity contribution in [1.29, 1.82) is 0 Å². The zero-order chi connectivity index (χ0) is 15.6. The van der Waals surface area contributed by atoms with Gasteiger partial charge in [-0.3, -0.25) is 10.1 Å². The highest BCUT2D eigenvalue weighted by Gasteiger charge is 2.26. The first-order chi connectivity index (χ1) is 9.02. The summed E-state index contributed by atoms with van der Waals surface area (Å²) in [6, 6.07) is 3.86. The molecule has 0 saturated carbocycles. The summed E-state index contributed by atoms with van der Waals surface area (Å²) in [5, 5.41) is 15.9. The van der Waals surface area contributed by atoms with Crippen LogP contribution in [-0.4, -0.2) is 39.5 Å². The molecule has 0 saturated heterocycles. The zero-order valence-corrected chi connectivity index (χ0v) is 12.8. The number of thioether (sulfide) groups is 1. The van der Waals surface area contributed by atoms with Crippen LogP contribution >= 0.6 is 11.8 Å². The molecule has 11 heteroatoms. The van der Waals surface area contributed by atoms with E-state index >= 15 is 0 Å². The molecule has 1 aromatic rings. The maximum Gasteiger partial charge on any atom is 0.301 e. The minimum atomic E-state index is -3.75. The molecule has 0 aromatic heterocycles. The second kappa shape index (κ2) is 6.08. The molecule has 0 atom stereocenters. The predicted molar refractivity (Wildman–Crippen MR) is 74.9 cm³/mol. The molecule has 0 heterocycles. The van der Waals surface area contributed by atoms with Crippen molar-refractivity contribution in [3.05, 3.63) is 28.3 Å². The Hall–Kier alpha value is -1.17. The summed E-state index contributed by atoms with van der Waals surface area (Å²) in [7, 11) is -7.43. The van der Waals surface area contributed by atoms with Gasteiger partial charge in [0.05, 0.1) is 15.6 Å². The van der Waals surface area contributed by atoms with E-state index in [1.165, 1.54) is 12.1 Å². The van der Waals surface area contributed by atoms with Gasteiger partial charge in [-0.15, -0.1) is 11.8 Å². The third kappa shape index (κ3) is 4.74. The minimum absolute atomic E-state index is 0.00705. The lowest BCUT2D eigenvalue weighted by Crippen LogP contribution is -2.17. The Morgan fingerprint density at radius 2 is 1.90 bits per heavy atom. The van der Waals surface area contributed by atoms with E-state index in [1.54, 1.807) is 0 Å². The van der Waals surface area contributed by atoms with E-state index in [-0.39, 0.29) is 16.4 Å². The van der Waals surface area contributed by atoms with Gasteiger partial charge in [0.2, 0.25) is 10.0 Å². The fraction of sp³-hybridized carbons (Fsp3) is 0.333. The third-order valence-corrected chi connectivity index (χ3v) is 5.38. The van der Waals surface area contributed by atoms with Crippen molar-refractivity contribution in [3.63, 3.8) is 0 Å². The van der Waals surface area contributed by atoms with E-state index in [9.17, 15) is 26.9 Å². The van der Waals surface area contributed by atoms with Crippen molar-refractivity contribution >= 4 is 37.3 Å². The monoisotopic (exact) mass is 340 g/mol. The molecule has 1 aromatic carbocycles. The van der Waals surface area contributed by atoms with E-state index in [2.05, 4.69) is 0 Å². The van der Waals surface area contributed by atoms with Gasteiger partial charge in [0.25, 0.3) is 0 Å². The van der Waals surface area contributed by atoms with Crippen LogP contribution in [-0.2, 0) is 19.9 Å². The molecular weight excluding hydrogens is 328 g/mol. The largest absolute Gasteiger partial charge is 0.301 e. The first-order valence-electron chi connectivity index (χ1n) is 5.13. The highest BCUT2D eigenvalue weighted by atomic mass is 32.2. The average Bonchev–Trinajstić information content (AvgIpc) is 2.25. The summed E-state index contributed by atoms with van der Waals surface area (Å²) >= 11 is 0.867. The average molecular weight is 340 g/mol.